The van der Waals surface area contributed by atoms with Crippen LogP contribution in [-0.4, -0.2) is 45.3 Å². The number of nitrogens with zero attached hydrogens (tertiary/aromatic N) is 4. The highest BCUT2D eigenvalue weighted by Gasteiger charge is 2.24. The predicted molar refractivity (Wildman–Crippen MR) is 122 cm³/mol. The van der Waals surface area contributed by atoms with Gasteiger partial charge in [-0.2, -0.15) is 0 Å². The minimum atomic E-state index is 0.165. The van der Waals surface area contributed by atoms with Crippen molar-refractivity contribution in [3.05, 3.63) is 64.6 Å². The average Bonchev–Trinajstić information content (AvgIpc) is 3.42. The molecule has 0 aliphatic carbocycles. The number of aromatic nitrogens is 2. The highest BCUT2D eigenvalue weighted by molar-refractivity contribution is 7.21. The number of thiophene rings is 2. The van der Waals surface area contributed by atoms with Crippen LogP contribution in [0.1, 0.15) is 10.4 Å². The Morgan fingerprint density at radius 1 is 1.03 bits per heavy atom. The van der Waals surface area contributed by atoms with Crippen LogP contribution in [0.5, 0.6) is 0 Å². The van der Waals surface area contributed by atoms with E-state index in [2.05, 4.69) is 44.5 Å². The first-order chi connectivity index (χ1) is 14.7. The lowest BCUT2D eigenvalue weighted by atomic mass is 10.1. The van der Waals surface area contributed by atoms with E-state index in [9.17, 15) is 4.79 Å². The highest BCUT2D eigenvalue weighted by atomic mass is 32.1. The first-order valence-electron chi connectivity index (χ1n) is 9.77. The van der Waals surface area contributed by atoms with Gasteiger partial charge in [0.05, 0.1) is 12.1 Å². The van der Waals surface area contributed by atoms with E-state index in [0.717, 1.165) is 36.1 Å². The number of anilines is 1. The number of rotatable bonds is 5. The molecule has 1 aliphatic rings. The van der Waals surface area contributed by atoms with Crippen LogP contribution in [-0.2, 0) is 17.9 Å². The molecule has 0 bridgehead atoms. The summed E-state index contributed by atoms with van der Waals surface area (Å²) in [6.07, 6.45) is 1.47. The van der Waals surface area contributed by atoms with Gasteiger partial charge in [0.25, 0.3) is 0 Å². The molecule has 1 amide bonds. The smallest absolute Gasteiger partial charge is 0.237 e. The molecule has 2 N–H and O–H groups in total. The van der Waals surface area contributed by atoms with E-state index in [-0.39, 0.29) is 5.91 Å². The number of hydrogen-bond donors (Lipinski definition) is 1. The van der Waals surface area contributed by atoms with Gasteiger partial charge in [0.15, 0.2) is 0 Å². The maximum absolute atomic E-state index is 12.8. The fraction of sp³-hybridized carbons (Fsp3) is 0.227. The van der Waals surface area contributed by atoms with Crippen LogP contribution < -0.4 is 5.73 Å². The zero-order valence-corrected chi connectivity index (χ0v) is 18.0. The molecule has 4 heterocycles. The molecule has 1 aliphatic heterocycles. The molecule has 1 aromatic carbocycles. The summed E-state index contributed by atoms with van der Waals surface area (Å²) in [5, 5.41) is 2.94. The number of benzene rings is 1. The Kier molecular flexibility index (Phi) is 5.20. The third-order valence-corrected chi connectivity index (χ3v) is 7.44. The van der Waals surface area contributed by atoms with Crippen molar-refractivity contribution in [2.24, 2.45) is 0 Å². The molecule has 0 radical (unpaired) electrons. The van der Waals surface area contributed by atoms with Crippen molar-refractivity contribution >= 4 is 45.3 Å². The molecule has 1 saturated heterocycles. The molecule has 0 unspecified atom stereocenters. The largest absolute Gasteiger partial charge is 0.383 e. The van der Waals surface area contributed by atoms with E-state index in [1.54, 1.807) is 11.3 Å². The number of fused-ring (bicyclic) bond motifs is 1. The quantitative estimate of drug-likeness (QED) is 0.515. The van der Waals surface area contributed by atoms with Gasteiger partial charge in [0, 0.05) is 46.2 Å². The van der Waals surface area contributed by atoms with Crippen LogP contribution in [0.4, 0.5) is 5.82 Å². The van der Waals surface area contributed by atoms with Gasteiger partial charge in [-0.1, -0.05) is 12.1 Å². The molecule has 0 saturated carbocycles. The molecular formula is C22H21N5OS2. The minimum absolute atomic E-state index is 0.165. The highest BCUT2D eigenvalue weighted by Crippen LogP contribution is 2.32. The van der Waals surface area contributed by atoms with Crippen LogP contribution in [0.25, 0.3) is 20.7 Å². The average molecular weight is 436 g/mol. The summed E-state index contributed by atoms with van der Waals surface area (Å²) >= 11 is 3.57. The number of hydrogen-bond acceptors (Lipinski definition) is 7. The Morgan fingerprint density at radius 3 is 2.80 bits per heavy atom. The molecule has 0 spiro atoms. The van der Waals surface area contributed by atoms with E-state index in [0.29, 0.717) is 18.9 Å². The lowest BCUT2D eigenvalue weighted by molar-refractivity contribution is -0.136. The van der Waals surface area contributed by atoms with Crippen molar-refractivity contribution in [2.45, 2.75) is 13.1 Å². The molecule has 1 fully saturated rings. The second-order valence-electron chi connectivity index (χ2n) is 7.38. The van der Waals surface area contributed by atoms with Gasteiger partial charge in [-0.3, -0.25) is 9.69 Å². The normalized spacial score (nSPS) is 15.2. The number of carbonyl (C=O) groups excluding carboxylic acids is 1. The number of nitrogen functional groups attached to an aromatic ring is 1. The Hall–Kier alpha value is -2.81. The Morgan fingerprint density at radius 2 is 1.97 bits per heavy atom. The third kappa shape index (κ3) is 3.94. The second-order valence-corrected chi connectivity index (χ2v) is 9.50. The Labute approximate surface area is 182 Å². The SMILES string of the molecule is Nc1ncnc2cc(CN3CCN(Cc4ccc(-c5cccs5)s4)CC3=O)ccc12. The van der Waals surface area contributed by atoms with Crippen molar-refractivity contribution in [1.29, 1.82) is 0 Å². The Balaban J connectivity index is 1.21. The molecule has 3 aromatic heterocycles. The summed E-state index contributed by atoms with van der Waals surface area (Å²) in [6, 6.07) is 14.5. The first kappa shape index (κ1) is 19.2. The molecular weight excluding hydrogens is 414 g/mol. The van der Waals surface area contributed by atoms with Gasteiger partial charge < -0.3 is 10.6 Å². The summed E-state index contributed by atoms with van der Waals surface area (Å²) in [7, 11) is 0. The summed E-state index contributed by atoms with van der Waals surface area (Å²) < 4.78 is 0. The second kappa shape index (κ2) is 8.14. The first-order valence-corrected chi connectivity index (χ1v) is 11.5. The third-order valence-electron chi connectivity index (χ3n) is 5.31. The van der Waals surface area contributed by atoms with Crippen molar-refractivity contribution in [2.75, 3.05) is 25.4 Å². The van der Waals surface area contributed by atoms with Gasteiger partial charge in [-0.25, -0.2) is 9.97 Å². The van der Waals surface area contributed by atoms with Crippen LogP contribution in [0.15, 0.2) is 54.2 Å². The lowest BCUT2D eigenvalue weighted by Crippen LogP contribution is -2.49. The number of carbonyl (C=O) groups is 1. The summed E-state index contributed by atoms with van der Waals surface area (Å²) in [5.74, 6) is 0.644. The van der Waals surface area contributed by atoms with Crippen molar-refractivity contribution in [3.63, 3.8) is 0 Å². The van der Waals surface area contributed by atoms with Crippen LogP contribution in [0.3, 0.4) is 0 Å². The maximum atomic E-state index is 12.8. The number of piperazine rings is 1. The minimum Gasteiger partial charge on any atom is -0.383 e. The van der Waals surface area contributed by atoms with E-state index in [1.165, 1.54) is 21.0 Å². The fourth-order valence-electron chi connectivity index (χ4n) is 3.74. The standard InChI is InChI=1S/C22H21N5OS2/c23-22-17-5-3-15(10-18(17)24-14-25-22)11-27-8-7-26(13-21(27)28)12-16-4-6-20(30-16)19-2-1-9-29-19/h1-6,9-10,14H,7-8,11-13H2,(H2,23,24,25). The molecule has 5 rings (SSSR count). The van der Waals surface area contributed by atoms with E-state index in [4.69, 9.17) is 5.73 Å². The van der Waals surface area contributed by atoms with Gasteiger partial charge in [-0.15, -0.1) is 22.7 Å². The van der Waals surface area contributed by atoms with Gasteiger partial charge in [-0.05, 0) is 41.3 Å². The van der Waals surface area contributed by atoms with E-state index >= 15 is 0 Å². The summed E-state index contributed by atoms with van der Waals surface area (Å²) in [4.78, 5) is 29.1. The topological polar surface area (TPSA) is 75.3 Å². The molecule has 6 nitrogen and oxygen atoms in total. The zero-order chi connectivity index (χ0) is 20.5. The Bertz CT molecular complexity index is 1190. The number of amides is 1. The molecule has 30 heavy (non-hydrogen) atoms. The van der Waals surface area contributed by atoms with Crippen molar-refractivity contribution in [3.8, 4) is 9.75 Å². The molecule has 152 valence electrons. The lowest BCUT2D eigenvalue weighted by Gasteiger charge is -2.34. The zero-order valence-electron chi connectivity index (χ0n) is 16.3. The predicted octanol–water partition coefficient (Wildman–Crippen LogP) is 3.85. The van der Waals surface area contributed by atoms with Crippen LogP contribution in [0, 0.1) is 0 Å². The fourth-order valence-corrected chi connectivity index (χ4v) is 5.62. The van der Waals surface area contributed by atoms with Crippen molar-refractivity contribution < 1.29 is 4.79 Å². The van der Waals surface area contributed by atoms with Crippen LogP contribution >= 0.6 is 22.7 Å². The van der Waals surface area contributed by atoms with Gasteiger partial charge >= 0.3 is 0 Å². The number of nitrogens with two attached hydrogens (primary N) is 1. The summed E-state index contributed by atoms with van der Waals surface area (Å²) in [5.41, 5.74) is 7.77. The van der Waals surface area contributed by atoms with E-state index in [1.807, 2.05) is 34.4 Å². The molecule has 4 aromatic rings. The van der Waals surface area contributed by atoms with Gasteiger partial charge in [0.1, 0.15) is 12.1 Å². The summed E-state index contributed by atoms with van der Waals surface area (Å²) in [6.45, 7) is 3.47. The van der Waals surface area contributed by atoms with Crippen molar-refractivity contribution in [1.82, 2.24) is 19.8 Å². The van der Waals surface area contributed by atoms with E-state index < -0.39 is 0 Å². The molecule has 0 atom stereocenters. The monoisotopic (exact) mass is 435 g/mol. The van der Waals surface area contributed by atoms with Crippen LogP contribution in [0.2, 0.25) is 0 Å². The maximum Gasteiger partial charge on any atom is 0.237 e. The van der Waals surface area contributed by atoms with Gasteiger partial charge in [0.2, 0.25) is 5.91 Å². The molecule has 8 heteroatoms.